The van der Waals surface area contributed by atoms with E-state index in [1.54, 1.807) is 12.1 Å². The van der Waals surface area contributed by atoms with Crippen molar-refractivity contribution >= 4 is 32.7 Å². The third kappa shape index (κ3) is 2.80. The van der Waals surface area contributed by atoms with Crippen molar-refractivity contribution in [2.45, 2.75) is 6.29 Å². The van der Waals surface area contributed by atoms with Crippen molar-refractivity contribution in [3.05, 3.63) is 40.9 Å². The highest BCUT2D eigenvalue weighted by Crippen LogP contribution is 2.24. The smallest absolute Gasteiger partial charge is 0.373 e. The molecule has 0 aromatic heterocycles. The first-order valence-corrected chi connectivity index (χ1v) is 6.01. The molecule has 0 aliphatic heterocycles. The molecule has 5 heteroatoms. The van der Waals surface area contributed by atoms with Gasteiger partial charge in [0.05, 0.1) is 0 Å². The normalized spacial score (nSPS) is 12.3. The zero-order valence-electron chi connectivity index (χ0n) is 9.59. The molecule has 0 fully saturated rings. The molecule has 18 heavy (non-hydrogen) atoms. The highest BCUT2D eigenvalue weighted by atomic mass is 79.9. The number of hydrogen-bond donors (Lipinski definition) is 1. The van der Waals surface area contributed by atoms with Crippen molar-refractivity contribution in [3.8, 4) is 5.75 Å². The average Bonchev–Trinajstić information content (AvgIpc) is 2.35. The molecule has 2 aromatic rings. The van der Waals surface area contributed by atoms with Crippen LogP contribution in [0.4, 0.5) is 0 Å². The van der Waals surface area contributed by atoms with Gasteiger partial charge in [-0.25, -0.2) is 4.79 Å². The molecule has 0 aliphatic rings. The Bertz CT molecular complexity index is 582. The molecule has 0 heterocycles. The van der Waals surface area contributed by atoms with Crippen molar-refractivity contribution in [2.75, 3.05) is 7.11 Å². The van der Waals surface area contributed by atoms with Gasteiger partial charge in [-0.2, -0.15) is 0 Å². The van der Waals surface area contributed by atoms with E-state index in [0.717, 1.165) is 15.2 Å². The molecular formula is C13H11BrO4. The minimum absolute atomic E-state index is 0.454. The summed E-state index contributed by atoms with van der Waals surface area (Å²) in [7, 11) is 1.29. The summed E-state index contributed by atoms with van der Waals surface area (Å²) in [6, 6.07) is 11.2. The quantitative estimate of drug-likeness (QED) is 0.882. The number of carbonyl (C=O) groups is 1. The lowest BCUT2D eigenvalue weighted by Crippen LogP contribution is -2.28. The molecule has 0 saturated heterocycles. The summed E-state index contributed by atoms with van der Waals surface area (Å²) in [6.07, 6.45) is -1.30. The van der Waals surface area contributed by atoms with Crippen LogP contribution < -0.4 is 4.74 Å². The summed E-state index contributed by atoms with van der Waals surface area (Å²) < 4.78 is 10.9. The van der Waals surface area contributed by atoms with Crippen LogP contribution >= 0.6 is 15.9 Å². The van der Waals surface area contributed by atoms with Crippen LogP contribution in [0, 0.1) is 0 Å². The Morgan fingerprint density at radius 3 is 2.61 bits per heavy atom. The molecule has 94 valence electrons. The SMILES string of the molecule is COC(Oc1ccc2ccc(Br)cc2c1)C(=O)O. The van der Waals surface area contributed by atoms with Crippen molar-refractivity contribution in [2.24, 2.45) is 0 Å². The van der Waals surface area contributed by atoms with E-state index in [-0.39, 0.29) is 0 Å². The Hall–Kier alpha value is -1.59. The van der Waals surface area contributed by atoms with Gasteiger partial charge in [0.1, 0.15) is 5.75 Å². The van der Waals surface area contributed by atoms with Gasteiger partial charge in [0, 0.05) is 11.6 Å². The second kappa shape index (κ2) is 5.37. The van der Waals surface area contributed by atoms with Gasteiger partial charge in [-0.1, -0.05) is 28.1 Å². The summed E-state index contributed by atoms with van der Waals surface area (Å²) in [5, 5.41) is 10.8. The third-order valence-electron chi connectivity index (χ3n) is 2.43. The van der Waals surface area contributed by atoms with Crippen LogP contribution in [0.15, 0.2) is 40.9 Å². The standard InChI is InChI=1S/C13H11BrO4/c1-17-13(12(15)16)18-11-5-3-8-2-4-10(14)6-9(8)7-11/h2-7,13H,1H3,(H,15,16). The Kier molecular flexibility index (Phi) is 3.84. The predicted octanol–water partition coefficient (Wildman–Crippen LogP) is 3.04. The number of methoxy groups -OCH3 is 1. The van der Waals surface area contributed by atoms with Crippen LogP contribution in [0.3, 0.4) is 0 Å². The maximum Gasteiger partial charge on any atom is 0.373 e. The van der Waals surface area contributed by atoms with Crippen molar-refractivity contribution in [1.29, 1.82) is 0 Å². The predicted molar refractivity (Wildman–Crippen MR) is 70.7 cm³/mol. The third-order valence-corrected chi connectivity index (χ3v) is 2.93. The topological polar surface area (TPSA) is 55.8 Å². The van der Waals surface area contributed by atoms with Gasteiger partial charge in [0.25, 0.3) is 6.29 Å². The number of ether oxygens (including phenoxy) is 2. The summed E-state index contributed by atoms with van der Waals surface area (Å²) in [6.45, 7) is 0. The van der Waals surface area contributed by atoms with Crippen LogP contribution in [-0.4, -0.2) is 24.5 Å². The average molecular weight is 311 g/mol. The minimum atomic E-state index is -1.30. The molecule has 0 saturated carbocycles. The van der Waals surface area contributed by atoms with E-state index in [1.807, 2.05) is 24.3 Å². The van der Waals surface area contributed by atoms with Gasteiger partial charge in [-0.05, 0) is 35.0 Å². The van der Waals surface area contributed by atoms with Crippen molar-refractivity contribution in [1.82, 2.24) is 0 Å². The van der Waals surface area contributed by atoms with Crippen molar-refractivity contribution < 1.29 is 19.4 Å². The number of carboxylic acids is 1. The maximum atomic E-state index is 10.8. The van der Waals surface area contributed by atoms with Crippen molar-refractivity contribution in [3.63, 3.8) is 0 Å². The van der Waals surface area contributed by atoms with Crippen LogP contribution in [0.25, 0.3) is 10.8 Å². The molecule has 4 nitrogen and oxygen atoms in total. The summed E-state index contributed by atoms with van der Waals surface area (Å²) in [5.41, 5.74) is 0. The van der Waals surface area contributed by atoms with Gasteiger partial charge in [-0.3, -0.25) is 0 Å². The fourth-order valence-corrected chi connectivity index (χ4v) is 1.97. The number of fused-ring (bicyclic) bond motifs is 1. The maximum absolute atomic E-state index is 10.8. The lowest BCUT2D eigenvalue weighted by Gasteiger charge is -2.13. The number of rotatable bonds is 4. The van der Waals surface area contributed by atoms with Crippen LogP contribution in [-0.2, 0) is 9.53 Å². The second-order valence-corrected chi connectivity index (χ2v) is 4.59. The molecule has 0 amide bonds. The highest BCUT2D eigenvalue weighted by molar-refractivity contribution is 9.10. The number of carboxylic acid groups (broad SMARTS) is 1. The molecule has 2 aromatic carbocycles. The number of aliphatic carboxylic acids is 1. The van der Waals surface area contributed by atoms with Gasteiger partial charge >= 0.3 is 5.97 Å². The minimum Gasteiger partial charge on any atom is -0.477 e. The van der Waals surface area contributed by atoms with Crippen LogP contribution in [0.1, 0.15) is 0 Å². The van der Waals surface area contributed by atoms with E-state index in [4.69, 9.17) is 14.6 Å². The zero-order valence-corrected chi connectivity index (χ0v) is 11.2. The van der Waals surface area contributed by atoms with E-state index in [0.29, 0.717) is 5.75 Å². The lowest BCUT2D eigenvalue weighted by atomic mass is 10.1. The molecule has 2 rings (SSSR count). The summed E-state index contributed by atoms with van der Waals surface area (Å²) in [5.74, 6) is -0.707. The molecule has 1 unspecified atom stereocenters. The first kappa shape index (κ1) is 12.9. The van der Waals surface area contributed by atoms with E-state index < -0.39 is 12.3 Å². The summed E-state index contributed by atoms with van der Waals surface area (Å²) >= 11 is 3.39. The Morgan fingerprint density at radius 1 is 1.22 bits per heavy atom. The molecule has 1 atom stereocenters. The molecule has 0 radical (unpaired) electrons. The van der Waals surface area contributed by atoms with Gasteiger partial charge in [0.15, 0.2) is 0 Å². The second-order valence-electron chi connectivity index (χ2n) is 3.68. The summed E-state index contributed by atoms with van der Waals surface area (Å²) in [4.78, 5) is 10.8. The first-order chi connectivity index (χ1) is 8.60. The van der Waals surface area contributed by atoms with E-state index >= 15 is 0 Å². The Morgan fingerprint density at radius 2 is 1.94 bits per heavy atom. The Balaban J connectivity index is 2.31. The molecule has 1 N–H and O–H groups in total. The van der Waals surface area contributed by atoms with E-state index in [2.05, 4.69) is 15.9 Å². The number of benzene rings is 2. The van der Waals surface area contributed by atoms with E-state index in [9.17, 15) is 4.79 Å². The Labute approximate surface area is 112 Å². The molecule has 0 spiro atoms. The molecule has 0 aliphatic carbocycles. The van der Waals surface area contributed by atoms with Gasteiger partial charge < -0.3 is 14.6 Å². The first-order valence-electron chi connectivity index (χ1n) is 5.22. The highest BCUT2D eigenvalue weighted by Gasteiger charge is 2.18. The van der Waals surface area contributed by atoms with Gasteiger partial charge in [0.2, 0.25) is 0 Å². The number of halogens is 1. The fraction of sp³-hybridized carbons (Fsp3) is 0.154. The zero-order chi connectivity index (χ0) is 13.1. The van der Waals surface area contributed by atoms with Gasteiger partial charge in [-0.15, -0.1) is 0 Å². The van der Waals surface area contributed by atoms with Crippen LogP contribution in [0.2, 0.25) is 0 Å². The van der Waals surface area contributed by atoms with Crippen LogP contribution in [0.5, 0.6) is 5.75 Å². The molecule has 0 bridgehead atoms. The number of hydrogen-bond acceptors (Lipinski definition) is 3. The molecular weight excluding hydrogens is 300 g/mol. The monoisotopic (exact) mass is 310 g/mol. The fourth-order valence-electron chi connectivity index (χ4n) is 1.59. The lowest BCUT2D eigenvalue weighted by molar-refractivity contribution is -0.166. The largest absolute Gasteiger partial charge is 0.477 e. The van der Waals surface area contributed by atoms with E-state index in [1.165, 1.54) is 7.11 Å².